The second-order valence-corrected chi connectivity index (χ2v) is 5.83. The number of anilines is 2. The molecule has 0 saturated heterocycles. The highest BCUT2D eigenvalue weighted by Crippen LogP contribution is 2.33. The smallest absolute Gasteiger partial charge is 0.445 e. The molecule has 3 aromatic rings. The van der Waals surface area contributed by atoms with Gasteiger partial charge in [-0.05, 0) is 24.6 Å². The van der Waals surface area contributed by atoms with Crippen molar-refractivity contribution in [3.63, 3.8) is 0 Å². The Morgan fingerprint density at radius 2 is 2.04 bits per heavy atom. The topological polar surface area (TPSA) is 92.9 Å². The largest absolute Gasteiger partial charge is 0.445 e. The van der Waals surface area contributed by atoms with Crippen molar-refractivity contribution in [3.05, 3.63) is 41.2 Å². The number of alkyl halides is 3. The highest BCUT2D eigenvalue weighted by molar-refractivity contribution is 7.15. The zero-order valence-corrected chi connectivity index (χ0v) is 13.4. The molecule has 3 rings (SSSR count). The molecule has 25 heavy (non-hydrogen) atoms. The fourth-order valence-electron chi connectivity index (χ4n) is 1.89. The number of carbonyl (C=O) groups is 1. The summed E-state index contributed by atoms with van der Waals surface area (Å²) in [6.07, 6.45) is -1.69. The number of halogens is 3. The number of hydrogen-bond donors (Lipinski definition) is 2. The molecular weight excluding hydrogens is 359 g/mol. The summed E-state index contributed by atoms with van der Waals surface area (Å²) in [6, 6.07) is 4.42. The predicted octanol–water partition coefficient (Wildman–Crippen LogP) is 4.16. The van der Waals surface area contributed by atoms with Gasteiger partial charge in [0.2, 0.25) is 16.0 Å². The molecule has 1 aromatic carbocycles. The monoisotopic (exact) mass is 369 g/mol. The lowest BCUT2D eigenvalue weighted by molar-refractivity contribution is -0.138. The summed E-state index contributed by atoms with van der Waals surface area (Å²) < 4.78 is 42.6. The van der Waals surface area contributed by atoms with Crippen molar-refractivity contribution in [2.75, 3.05) is 10.6 Å². The van der Waals surface area contributed by atoms with Crippen LogP contribution in [0.1, 0.15) is 10.6 Å². The Labute approximate surface area is 142 Å². The number of nitrogens with zero attached hydrogens (tertiary/aromatic N) is 3. The van der Waals surface area contributed by atoms with Gasteiger partial charge < -0.3 is 9.73 Å². The molecule has 0 radical (unpaired) electrons. The highest BCUT2D eigenvalue weighted by Gasteiger charge is 2.35. The third kappa shape index (κ3) is 3.94. The Balaban J connectivity index is 1.73. The molecule has 0 aliphatic carbocycles. The molecule has 7 nitrogen and oxygen atoms in total. The lowest BCUT2D eigenvalue weighted by Gasteiger charge is -2.09. The van der Waals surface area contributed by atoms with Gasteiger partial charge >= 0.3 is 12.2 Å². The Hall–Kier alpha value is -2.95. The highest BCUT2D eigenvalue weighted by atomic mass is 32.1. The van der Waals surface area contributed by atoms with Gasteiger partial charge in [-0.1, -0.05) is 17.4 Å². The van der Waals surface area contributed by atoms with E-state index in [4.69, 9.17) is 4.42 Å². The van der Waals surface area contributed by atoms with Gasteiger partial charge in [-0.25, -0.2) is 9.78 Å². The average Bonchev–Trinajstić information content (AvgIpc) is 3.20. The molecule has 11 heteroatoms. The first-order valence-corrected chi connectivity index (χ1v) is 7.64. The number of nitrogens with one attached hydrogen (secondary N) is 2. The number of carbonyl (C=O) groups excluding carboxylic acids is 1. The number of urea groups is 1. The van der Waals surface area contributed by atoms with E-state index >= 15 is 0 Å². The van der Waals surface area contributed by atoms with E-state index < -0.39 is 17.2 Å². The van der Waals surface area contributed by atoms with E-state index in [1.54, 1.807) is 25.1 Å². The van der Waals surface area contributed by atoms with Gasteiger partial charge in [0.15, 0.2) is 0 Å². The fourth-order valence-corrected chi connectivity index (χ4v) is 2.50. The minimum absolute atomic E-state index is 0.240. The normalized spacial score (nSPS) is 11.4. The number of rotatable bonds is 3. The maximum Gasteiger partial charge on any atom is 0.445 e. The SMILES string of the molecule is Cc1ccc(-c2ncco2)cc1NC(=O)Nc1nnc(C(F)(F)F)s1. The van der Waals surface area contributed by atoms with Crippen LogP contribution < -0.4 is 10.6 Å². The van der Waals surface area contributed by atoms with Crippen LogP contribution in [0, 0.1) is 6.92 Å². The van der Waals surface area contributed by atoms with Crippen molar-refractivity contribution in [3.8, 4) is 11.5 Å². The summed E-state index contributed by atoms with van der Waals surface area (Å²) in [6.45, 7) is 1.77. The Morgan fingerprint density at radius 1 is 1.24 bits per heavy atom. The van der Waals surface area contributed by atoms with Crippen molar-refractivity contribution in [1.29, 1.82) is 0 Å². The quantitative estimate of drug-likeness (QED) is 0.723. The average molecular weight is 369 g/mol. The standard InChI is InChI=1S/C14H10F3N5O2S/c1-7-2-3-8(10-18-4-5-24-10)6-9(7)19-12(23)20-13-22-21-11(25-13)14(15,16)17/h2-6H,1H3,(H2,19,20,22,23). The van der Waals surface area contributed by atoms with E-state index in [1.165, 1.54) is 12.5 Å². The van der Waals surface area contributed by atoms with Crippen LogP contribution in [0.3, 0.4) is 0 Å². The molecule has 2 N–H and O–H groups in total. The van der Waals surface area contributed by atoms with Gasteiger partial charge in [-0.2, -0.15) is 13.2 Å². The summed E-state index contributed by atoms with van der Waals surface area (Å²) in [7, 11) is 0. The number of hydrogen-bond acceptors (Lipinski definition) is 6. The van der Waals surface area contributed by atoms with Crippen LogP contribution in [0.15, 0.2) is 35.1 Å². The van der Waals surface area contributed by atoms with E-state index in [0.717, 1.165) is 5.56 Å². The molecule has 0 saturated carbocycles. The first-order chi connectivity index (χ1) is 11.8. The summed E-state index contributed by atoms with van der Waals surface area (Å²) in [5.74, 6) is 0.377. The van der Waals surface area contributed by atoms with Gasteiger partial charge in [-0.3, -0.25) is 5.32 Å². The molecule has 0 spiro atoms. The number of amides is 2. The molecule has 2 heterocycles. The molecule has 130 valence electrons. The predicted molar refractivity (Wildman–Crippen MR) is 84.2 cm³/mol. The van der Waals surface area contributed by atoms with Crippen LogP contribution in [-0.2, 0) is 6.18 Å². The van der Waals surface area contributed by atoms with Crippen molar-refractivity contribution < 1.29 is 22.4 Å². The molecule has 0 aliphatic heterocycles. The maximum absolute atomic E-state index is 12.5. The van der Waals surface area contributed by atoms with Crippen molar-refractivity contribution in [2.45, 2.75) is 13.1 Å². The summed E-state index contributed by atoms with van der Waals surface area (Å²) in [5.41, 5.74) is 1.84. The van der Waals surface area contributed by atoms with Crippen LogP contribution >= 0.6 is 11.3 Å². The van der Waals surface area contributed by atoms with Gasteiger partial charge in [0.05, 0.1) is 6.20 Å². The van der Waals surface area contributed by atoms with Crippen LogP contribution in [0.5, 0.6) is 0 Å². The van der Waals surface area contributed by atoms with Crippen molar-refractivity contribution >= 4 is 28.2 Å². The number of oxazole rings is 1. The zero-order chi connectivity index (χ0) is 18.0. The molecule has 0 unspecified atom stereocenters. The first-order valence-electron chi connectivity index (χ1n) is 6.82. The Bertz CT molecular complexity index is 892. The molecular formula is C14H10F3N5O2S. The second-order valence-electron chi connectivity index (χ2n) is 4.86. The van der Waals surface area contributed by atoms with E-state index in [2.05, 4.69) is 25.8 Å². The van der Waals surface area contributed by atoms with Crippen LogP contribution in [-0.4, -0.2) is 21.2 Å². The maximum atomic E-state index is 12.5. The number of aromatic nitrogens is 3. The second kappa shape index (κ2) is 6.51. The fraction of sp³-hybridized carbons (Fsp3) is 0.143. The Morgan fingerprint density at radius 3 is 2.68 bits per heavy atom. The van der Waals surface area contributed by atoms with Gasteiger partial charge in [0, 0.05) is 11.3 Å². The summed E-state index contributed by atoms with van der Waals surface area (Å²) >= 11 is 0.240. The third-order valence-corrected chi connectivity index (χ3v) is 3.94. The molecule has 2 amide bonds. The minimum Gasteiger partial charge on any atom is -0.445 e. The minimum atomic E-state index is -4.60. The lowest BCUT2D eigenvalue weighted by Crippen LogP contribution is -2.19. The van der Waals surface area contributed by atoms with E-state index in [0.29, 0.717) is 17.1 Å². The van der Waals surface area contributed by atoms with Crippen molar-refractivity contribution in [2.24, 2.45) is 0 Å². The molecule has 0 bridgehead atoms. The van der Waals surface area contributed by atoms with E-state index in [9.17, 15) is 18.0 Å². The van der Waals surface area contributed by atoms with Gasteiger partial charge in [0.25, 0.3) is 0 Å². The molecule has 0 fully saturated rings. The Kier molecular flexibility index (Phi) is 4.40. The molecule has 0 atom stereocenters. The van der Waals surface area contributed by atoms with Gasteiger partial charge in [-0.15, -0.1) is 10.2 Å². The summed E-state index contributed by atoms with van der Waals surface area (Å²) in [4.78, 5) is 16.0. The van der Waals surface area contributed by atoms with Crippen LogP contribution in [0.25, 0.3) is 11.5 Å². The summed E-state index contributed by atoms with van der Waals surface area (Å²) in [5, 5.41) is 9.66. The van der Waals surface area contributed by atoms with E-state index in [-0.39, 0.29) is 16.5 Å². The zero-order valence-electron chi connectivity index (χ0n) is 12.6. The molecule has 2 aromatic heterocycles. The number of benzene rings is 1. The van der Waals surface area contributed by atoms with Crippen molar-refractivity contribution in [1.82, 2.24) is 15.2 Å². The first kappa shape index (κ1) is 16.9. The molecule has 0 aliphatic rings. The van der Waals surface area contributed by atoms with Gasteiger partial charge in [0.1, 0.15) is 6.26 Å². The van der Waals surface area contributed by atoms with Crippen LogP contribution in [0.2, 0.25) is 0 Å². The third-order valence-electron chi connectivity index (χ3n) is 3.05. The number of aryl methyl sites for hydroxylation is 1. The van der Waals surface area contributed by atoms with E-state index in [1.807, 2.05) is 0 Å². The lowest BCUT2D eigenvalue weighted by atomic mass is 10.1. The van der Waals surface area contributed by atoms with Crippen LogP contribution in [0.4, 0.5) is 28.8 Å².